The van der Waals surface area contributed by atoms with E-state index in [1.54, 1.807) is 18.2 Å². The van der Waals surface area contributed by atoms with E-state index in [0.717, 1.165) is 35.4 Å². The van der Waals surface area contributed by atoms with Crippen molar-refractivity contribution in [1.82, 2.24) is 14.9 Å². The largest absolute Gasteiger partial charge is 0.352 e. The maximum absolute atomic E-state index is 12.6. The number of imidazole rings is 1. The normalized spacial score (nSPS) is 16.1. The van der Waals surface area contributed by atoms with Gasteiger partial charge < -0.3 is 9.88 Å². The van der Waals surface area contributed by atoms with Crippen molar-refractivity contribution in [2.75, 3.05) is 17.1 Å². The number of sulfonamides is 1. The topological polar surface area (TPSA) is 84.3 Å². The van der Waals surface area contributed by atoms with E-state index >= 15 is 0 Å². The number of benzene rings is 2. The molecule has 30 heavy (non-hydrogen) atoms. The van der Waals surface area contributed by atoms with Gasteiger partial charge in [0, 0.05) is 24.7 Å². The van der Waals surface area contributed by atoms with Crippen molar-refractivity contribution in [3.8, 4) is 0 Å². The highest BCUT2D eigenvalue weighted by Crippen LogP contribution is 2.34. The van der Waals surface area contributed by atoms with Gasteiger partial charge >= 0.3 is 0 Å². The lowest BCUT2D eigenvalue weighted by molar-refractivity contribution is 0.0952. The Balaban J connectivity index is 1.38. The zero-order valence-electron chi connectivity index (χ0n) is 17.4. The summed E-state index contributed by atoms with van der Waals surface area (Å²) in [6, 6.07) is 13.1. The second-order valence-corrected chi connectivity index (χ2v) is 9.72. The van der Waals surface area contributed by atoms with Crippen LogP contribution in [0.15, 0.2) is 42.5 Å². The first kappa shape index (κ1) is 20.4. The second-order valence-electron chi connectivity index (χ2n) is 7.86. The quantitative estimate of drug-likeness (QED) is 0.615. The maximum atomic E-state index is 12.6. The van der Waals surface area contributed by atoms with Gasteiger partial charge in [0.25, 0.3) is 5.91 Å². The van der Waals surface area contributed by atoms with E-state index in [0.29, 0.717) is 24.2 Å². The highest BCUT2D eigenvalue weighted by Gasteiger charge is 2.32. The number of para-hydroxylation sites is 2. The Bertz CT molecular complexity index is 1220. The summed E-state index contributed by atoms with van der Waals surface area (Å²) in [7, 11) is -3.33. The van der Waals surface area contributed by atoms with Crippen LogP contribution in [0.25, 0.3) is 11.0 Å². The highest BCUT2D eigenvalue weighted by molar-refractivity contribution is 7.92. The third-order valence-electron chi connectivity index (χ3n) is 5.54. The Morgan fingerprint density at radius 1 is 1.23 bits per heavy atom. The molecule has 2 aromatic carbocycles. The smallest absolute Gasteiger partial charge is 0.251 e. The fourth-order valence-electron chi connectivity index (χ4n) is 4.27. The number of rotatable bonds is 6. The second kappa shape index (κ2) is 7.75. The Hall–Kier alpha value is -2.87. The lowest BCUT2D eigenvalue weighted by atomic mass is 10.1. The van der Waals surface area contributed by atoms with Gasteiger partial charge in [-0.05, 0) is 62.6 Å². The minimum absolute atomic E-state index is 0.137. The van der Waals surface area contributed by atoms with Crippen molar-refractivity contribution in [1.29, 1.82) is 0 Å². The number of aryl methyl sites for hydroxylation is 2. The summed E-state index contributed by atoms with van der Waals surface area (Å²) in [6.45, 7) is 5.19. The number of fused-ring (bicyclic) bond motifs is 2. The number of amides is 1. The van der Waals surface area contributed by atoms with Crippen LogP contribution in [-0.2, 0) is 23.0 Å². The predicted octanol–water partition coefficient (Wildman–Crippen LogP) is 2.88. The third-order valence-corrected chi connectivity index (χ3v) is 6.81. The fourth-order valence-corrected chi connectivity index (χ4v) is 5.53. The Morgan fingerprint density at radius 2 is 2.00 bits per heavy atom. The minimum atomic E-state index is -3.33. The molecule has 1 aliphatic heterocycles. The molecule has 0 radical (unpaired) electrons. The average Bonchev–Trinajstić information content (AvgIpc) is 3.19. The molecule has 0 saturated heterocycles. The molecule has 1 unspecified atom stereocenters. The van der Waals surface area contributed by atoms with E-state index in [2.05, 4.69) is 20.9 Å². The molecule has 7 nitrogen and oxygen atoms in total. The molecule has 0 fully saturated rings. The van der Waals surface area contributed by atoms with Gasteiger partial charge in [-0.3, -0.25) is 9.10 Å². The summed E-state index contributed by atoms with van der Waals surface area (Å²) in [4.78, 5) is 17.1. The molecule has 1 aliphatic rings. The van der Waals surface area contributed by atoms with Crippen LogP contribution in [0.4, 0.5) is 5.69 Å². The van der Waals surface area contributed by atoms with Crippen molar-refractivity contribution in [3.05, 3.63) is 59.4 Å². The number of nitrogens with zero attached hydrogens (tertiary/aromatic N) is 3. The molecule has 1 amide bonds. The van der Waals surface area contributed by atoms with Crippen LogP contribution in [-0.4, -0.2) is 42.7 Å². The molecule has 0 aliphatic carbocycles. The molecular weight excluding hydrogens is 400 g/mol. The van der Waals surface area contributed by atoms with Gasteiger partial charge in [0.05, 0.1) is 23.0 Å². The fraction of sp³-hybridized carbons (Fsp3) is 0.364. The van der Waals surface area contributed by atoms with E-state index in [4.69, 9.17) is 0 Å². The monoisotopic (exact) mass is 426 g/mol. The number of nitrogens with one attached hydrogen (secondary N) is 1. The summed E-state index contributed by atoms with van der Waals surface area (Å²) in [5.74, 6) is 0.821. The van der Waals surface area contributed by atoms with Crippen molar-refractivity contribution in [2.45, 2.75) is 39.3 Å². The molecule has 3 aromatic rings. The van der Waals surface area contributed by atoms with E-state index in [-0.39, 0.29) is 11.9 Å². The van der Waals surface area contributed by atoms with Gasteiger partial charge in [-0.15, -0.1) is 0 Å². The van der Waals surface area contributed by atoms with Crippen LogP contribution in [0.1, 0.15) is 35.1 Å². The number of aromatic nitrogens is 2. The lowest BCUT2D eigenvalue weighted by Crippen LogP contribution is -2.34. The van der Waals surface area contributed by atoms with Crippen LogP contribution < -0.4 is 9.62 Å². The first-order chi connectivity index (χ1) is 14.3. The zero-order valence-corrected chi connectivity index (χ0v) is 18.2. The molecule has 2 heterocycles. The van der Waals surface area contributed by atoms with Gasteiger partial charge in [-0.1, -0.05) is 12.1 Å². The third kappa shape index (κ3) is 3.79. The van der Waals surface area contributed by atoms with Crippen LogP contribution in [0.2, 0.25) is 0 Å². The standard InChI is InChI=1S/C22H26N4O3S/c1-15-13-18-14-17(9-10-20(18)26(15)30(3,28)29)22(27)23-11-6-12-25-16(2)24-19-7-4-5-8-21(19)25/h4-5,7-10,14-15H,6,11-13H2,1-3H3,(H,23,27). The number of hydrogen-bond donors (Lipinski definition) is 1. The van der Waals surface area contributed by atoms with E-state index in [1.165, 1.54) is 10.6 Å². The Morgan fingerprint density at radius 3 is 2.77 bits per heavy atom. The SMILES string of the molecule is Cc1nc2ccccc2n1CCCNC(=O)c1ccc2c(c1)CC(C)N2S(C)(=O)=O. The molecule has 8 heteroatoms. The highest BCUT2D eigenvalue weighted by atomic mass is 32.2. The number of carbonyl (C=O) groups excluding carboxylic acids is 1. The molecule has 1 N–H and O–H groups in total. The number of carbonyl (C=O) groups is 1. The molecule has 4 rings (SSSR count). The van der Waals surface area contributed by atoms with E-state index < -0.39 is 10.0 Å². The summed E-state index contributed by atoms with van der Waals surface area (Å²) in [6.07, 6.45) is 2.61. The van der Waals surface area contributed by atoms with E-state index in [9.17, 15) is 13.2 Å². The molecule has 0 bridgehead atoms. The molecule has 0 spiro atoms. The van der Waals surface area contributed by atoms with Crippen molar-refractivity contribution in [2.24, 2.45) is 0 Å². The number of hydrogen-bond acceptors (Lipinski definition) is 4. The molecule has 158 valence electrons. The van der Waals surface area contributed by atoms with Crippen LogP contribution in [0.5, 0.6) is 0 Å². The summed E-state index contributed by atoms with van der Waals surface area (Å²) >= 11 is 0. The van der Waals surface area contributed by atoms with Crippen molar-refractivity contribution in [3.63, 3.8) is 0 Å². The first-order valence-corrected chi connectivity index (χ1v) is 11.9. The van der Waals surface area contributed by atoms with E-state index in [1.807, 2.05) is 32.0 Å². The summed E-state index contributed by atoms with van der Waals surface area (Å²) in [5.41, 5.74) is 4.20. The Kier molecular flexibility index (Phi) is 5.27. The number of anilines is 1. The lowest BCUT2D eigenvalue weighted by Gasteiger charge is -2.21. The van der Waals surface area contributed by atoms with Gasteiger partial charge in [0.15, 0.2) is 0 Å². The Labute approximate surface area is 176 Å². The average molecular weight is 427 g/mol. The molecule has 1 aromatic heterocycles. The van der Waals surface area contributed by atoms with Crippen LogP contribution in [0.3, 0.4) is 0 Å². The van der Waals surface area contributed by atoms with Gasteiger partial charge in [0.2, 0.25) is 10.0 Å². The minimum Gasteiger partial charge on any atom is -0.352 e. The van der Waals surface area contributed by atoms with Gasteiger partial charge in [-0.2, -0.15) is 0 Å². The molecule has 0 saturated carbocycles. The van der Waals surface area contributed by atoms with Crippen LogP contribution in [0, 0.1) is 6.92 Å². The van der Waals surface area contributed by atoms with Crippen molar-refractivity contribution >= 4 is 32.7 Å². The molecule has 1 atom stereocenters. The zero-order chi connectivity index (χ0) is 21.5. The predicted molar refractivity (Wildman–Crippen MR) is 118 cm³/mol. The first-order valence-electron chi connectivity index (χ1n) is 10.1. The van der Waals surface area contributed by atoms with Gasteiger partial charge in [-0.25, -0.2) is 13.4 Å². The van der Waals surface area contributed by atoms with Crippen LogP contribution >= 0.6 is 0 Å². The maximum Gasteiger partial charge on any atom is 0.251 e. The molecular formula is C22H26N4O3S. The van der Waals surface area contributed by atoms with Gasteiger partial charge in [0.1, 0.15) is 5.82 Å². The summed E-state index contributed by atoms with van der Waals surface area (Å²) < 4.78 is 27.7. The summed E-state index contributed by atoms with van der Waals surface area (Å²) in [5, 5.41) is 2.97. The van der Waals surface area contributed by atoms with Crippen molar-refractivity contribution < 1.29 is 13.2 Å².